The lowest BCUT2D eigenvalue weighted by molar-refractivity contribution is -0.145. The lowest BCUT2D eigenvalue weighted by atomic mass is 10.0. The van der Waals surface area contributed by atoms with Crippen LogP contribution in [0.5, 0.6) is 0 Å². The Bertz CT molecular complexity index is 599. The van der Waals surface area contributed by atoms with Gasteiger partial charge in [0.2, 0.25) is 5.91 Å². The number of hydrogen-bond acceptors (Lipinski definition) is 5. The SMILES string of the molecule is COC(=O)C(CC(C)C)NC(=O)CN1CCN(c2ccc(F)cc2)CC1. The first-order valence-corrected chi connectivity index (χ1v) is 8.99. The number of rotatable bonds is 7. The van der Waals surface area contributed by atoms with Gasteiger partial charge < -0.3 is 15.0 Å². The molecule has 1 aromatic rings. The summed E-state index contributed by atoms with van der Waals surface area (Å²) in [6.07, 6.45) is 0.552. The zero-order valence-electron chi connectivity index (χ0n) is 15.7. The number of carbonyl (C=O) groups excluding carboxylic acids is 2. The molecular formula is C19H28FN3O3. The number of nitrogens with zero attached hydrogens (tertiary/aromatic N) is 2. The van der Waals surface area contributed by atoms with E-state index in [0.717, 1.165) is 31.9 Å². The molecular weight excluding hydrogens is 337 g/mol. The average Bonchev–Trinajstić information content (AvgIpc) is 2.61. The van der Waals surface area contributed by atoms with Crippen LogP contribution in [-0.2, 0) is 14.3 Å². The summed E-state index contributed by atoms with van der Waals surface area (Å²) in [7, 11) is 1.33. The van der Waals surface area contributed by atoms with Gasteiger partial charge in [-0.2, -0.15) is 0 Å². The zero-order valence-corrected chi connectivity index (χ0v) is 15.7. The van der Waals surface area contributed by atoms with Crippen LogP contribution in [0.15, 0.2) is 24.3 Å². The molecule has 6 nitrogen and oxygen atoms in total. The number of ether oxygens (including phenoxy) is 1. The Labute approximate surface area is 154 Å². The Hall–Kier alpha value is -2.15. The molecule has 1 N–H and O–H groups in total. The van der Waals surface area contributed by atoms with Crippen LogP contribution in [-0.4, -0.2) is 62.7 Å². The minimum atomic E-state index is -0.604. The van der Waals surface area contributed by atoms with E-state index in [1.165, 1.54) is 19.2 Å². The highest BCUT2D eigenvalue weighted by atomic mass is 19.1. The number of anilines is 1. The van der Waals surface area contributed by atoms with Gasteiger partial charge in [0, 0.05) is 31.9 Å². The lowest BCUT2D eigenvalue weighted by Gasteiger charge is -2.35. The summed E-state index contributed by atoms with van der Waals surface area (Å²) < 4.78 is 17.8. The van der Waals surface area contributed by atoms with Crippen molar-refractivity contribution in [1.29, 1.82) is 0 Å². The molecule has 1 aliphatic heterocycles. The molecule has 1 saturated heterocycles. The maximum atomic E-state index is 13.0. The molecule has 0 saturated carbocycles. The molecule has 2 rings (SSSR count). The largest absolute Gasteiger partial charge is 0.467 e. The molecule has 1 aliphatic rings. The topological polar surface area (TPSA) is 61.9 Å². The number of carbonyl (C=O) groups is 2. The van der Waals surface area contributed by atoms with Crippen LogP contribution >= 0.6 is 0 Å². The van der Waals surface area contributed by atoms with Crippen LogP contribution in [0, 0.1) is 11.7 Å². The van der Waals surface area contributed by atoms with Gasteiger partial charge in [-0.05, 0) is 36.6 Å². The Morgan fingerprint density at radius 1 is 1.15 bits per heavy atom. The maximum Gasteiger partial charge on any atom is 0.328 e. The highest BCUT2D eigenvalue weighted by Crippen LogP contribution is 2.16. The number of hydrogen-bond donors (Lipinski definition) is 1. The van der Waals surface area contributed by atoms with Gasteiger partial charge >= 0.3 is 5.97 Å². The Morgan fingerprint density at radius 3 is 2.31 bits per heavy atom. The zero-order chi connectivity index (χ0) is 19.1. The molecule has 0 spiro atoms. The first-order valence-electron chi connectivity index (χ1n) is 8.99. The van der Waals surface area contributed by atoms with Gasteiger partial charge in [-0.1, -0.05) is 13.8 Å². The highest BCUT2D eigenvalue weighted by Gasteiger charge is 2.25. The van der Waals surface area contributed by atoms with Crippen LogP contribution in [0.25, 0.3) is 0 Å². The molecule has 1 fully saturated rings. The molecule has 144 valence electrons. The smallest absolute Gasteiger partial charge is 0.328 e. The van der Waals surface area contributed by atoms with E-state index in [4.69, 9.17) is 4.74 Å². The Morgan fingerprint density at radius 2 is 1.77 bits per heavy atom. The number of benzene rings is 1. The fourth-order valence-corrected chi connectivity index (χ4v) is 3.09. The summed E-state index contributed by atoms with van der Waals surface area (Å²) in [6, 6.07) is 5.84. The van der Waals surface area contributed by atoms with Gasteiger partial charge in [-0.15, -0.1) is 0 Å². The molecule has 1 aromatic carbocycles. The van der Waals surface area contributed by atoms with Gasteiger partial charge in [0.15, 0.2) is 0 Å². The van der Waals surface area contributed by atoms with Crippen molar-refractivity contribution in [1.82, 2.24) is 10.2 Å². The normalized spacial score (nSPS) is 16.4. The third-order valence-electron chi connectivity index (χ3n) is 4.46. The van der Waals surface area contributed by atoms with Crippen LogP contribution in [0.1, 0.15) is 20.3 Å². The summed E-state index contributed by atoms with van der Waals surface area (Å²) in [5.41, 5.74) is 0.984. The molecule has 1 unspecified atom stereocenters. The van der Waals surface area contributed by atoms with E-state index in [-0.39, 0.29) is 24.2 Å². The molecule has 1 heterocycles. The first-order chi connectivity index (χ1) is 12.4. The quantitative estimate of drug-likeness (QED) is 0.745. The van der Waals surface area contributed by atoms with Crippen molar-refractivity contribution in [3.8, 4) is 0 Å². The number of methoxy groups -OCH3 is 1. The minimum Gasteiger partial charge on any atom is -0.467 e. The van der Waals surface area contributed by atoms with Crippen molar-refractivity contribution < 1.29 is 18.7 Å². The van der Waals surface area contributed by atoms with E-state index in [1.807, 2.05) is 13.8 Å². The van der Waals surface area contributed by atoms with E-state index < -0.39 is 12.0 Å². The van der Waals surface area contributed by atoms with E-state index in [1.54, 1.807) is 12.1 Å². The van der Waals surface area contributed by atoms with Gasteiger partial charge in [0.1, 0.15) is 11.9 Å². The second kappa shape index (κ2) is 9.52. The predicted molar refractivity (Wildman–Crippen MR) is 98.5 cm³/mol. The van der Waals surface area contributed by atoms with E-state index in [9.17, 15) is 14.0 Å². The van der Waals surface area contributed by atoms with Gasteiger partial charge in [-0.3, -0.25) is 9.69 Å². The fourth-order valence-electron chi connectivity index (χ4n) is 3.09. The summed E-state index contributed by atoms with van der Waals surface area (Å²) in [5, 5.41) is 2.79. The first kappa shape index (κ1) is 20.2. The van der Waals surface area contributed by atoms with E-state index >= 15 is 0 Å². The van der Waals surface area contributed by atoms with E-state index in [0.29, 0.717) is 6.42 Å². The Balaban J connectivity index is 1.81. The highest BCUT2D eigenvalue weighted by molar-refractivity contribution is 5.85. The van der Waals surface area contributed by atoms with Crippen molar-refractivity contribution in [2.45, 2.75) is 26.3 Å². The van der Waals surface area contributed by atoms with E-state index in [2.05, 4.69) is 15.1 Å². The van der Waals surface area contributed by atoms with Gasteiger partial charge in [-0.25, -0.2) is 9.18 Å². The molecule has 1 amide bonds. The van der Waals surface area contributed by atoms with Crippen molar-refractivity contribution in [2.75, 3.05) is 44.7 Å². The molecule has 0 bridgehead atoms. The average molecular weight is 365 g/mol. The number of amides is 1. The molecule has 0 aromatic heterocycles. The maximum absolute atomic E-state index is 13.0. The van der Waals surface area contributed by atoms with Gasteiger partial charge in [0.05, 0.1) is 13.7 Å². The molecule has 7 heteroatoms. The summed E-state index contributed by atoms with van der Waals surface area (Å²) in [6.45, 7) is 7.25. The number of esters is 1. The summed E-state index contributed by atoms with van der Waals surface area (Å²) in [4.78, 5) is 28.3. The second-order valence-electron chi connectivity index (χ2n) is 7.01. The Kier molecular flexibility index (Phi) is 7.38. The van der Waals surface area contributed by atoms with Crippen LogP contribution in [0.4, 0.5) is 10.1 Å². The van der Waals surface area contributed by atoms with Gasteiger partial charge in [0.25, 0.3) is 0 Å². The molecule has 0 radical (unpaired) electrons. The van der Waals surface area contributed by atoms with Crippen molar-refractivity contribution in [3.63, 3.8) is 0 Å². The van der Waals surface area contributed by atoms with Crippen LogP contribution in [0.2, 0.25) is 0 Å². The van der Waals surface area contributed by atoms with Crippen LogP contribution in [0.3, 0.4) is 0 Å². The van der Waals surface area contributed by atoms with Crippen LogP contribution < -0.4 is 10.2 Å². The van der Waals surface area contributed by atoms with Crippen molar-refractivity contribution in [3.05, 3.63) is 30.1 Å². The number of halogens is 1. The minimum absolute atomic E-state index is 0.170. The summed E-state index contributed by atoms with van der Waals surface area (Å²) in [5.74, 6) is -0.547. The predicted octanol–water partition coefficient (Wildman–Crippen LogP) is 1.65. The fraction of sp³-hybridized carbons (Fsp3) is 0.579. The molecule has 1 atom stereocenters. The molecule has 26 heavy (non-hydrogen) atoms. The third-order valence-corrected chi connectivity index (χ3v) is 4.46. The van der Waals surface area contributed by atoms with Crippen molar-refractivity contribution >= 4 is 17.6 Å². The second-order valence-corrected chi connectivity index (χ2v) is 7.01. The standard InChI is InChI=1S/C19H28FN3O3/c1-14(2)12-17(19(25)26-3)21-18(24)13-22-8-10-23(11-9-22)16-6-4-15(20)5-7-16/h4-7,14,17H,8-13H2,1-3H3,(H,21,24). The molecule has 0 aliphatic carbocycles. The third kappa shape index (κ3) is 5.98. The summed E-state index contributed by atoms with van der Waals surface area (Å²) >= 11 is 0. The number of piperazine rings is 1. The number of nitrogens with one attached hydrogen (secondary N) is 1. The monoisotopic (exact) mass is 365 g/mol. The lowest BCUT2D eigenvalue weighted by Crippen LogP contribution is -2.51. The van der Waals surface area contributed by atoms with Crippen molar-refractivity contribution in [2.24, 2.45) is 5.92 Å².